The lowest BCUT2D eigenvalue weighted by Crippen LogP contribution is -2.34. The predicted molar refractivity (Wildman–Crippen MR) is 94.4 cm³/mol. The molecule has 0 spiro atoms. The van der Waals surface area contributed by atoms with Gasteiger partial charge < -0.3 is 14.8 Å². The van der Waals surface area contributed by atoms with Crippen LogP contribution >= 0.6 is 0 Å². The standard InChI is InChI=1S/C19H19N3O3/c1-12-7-8-24-15-5-6-17-16(10-15)18(22-21-17)14-4-2-3-13(9-14)11-25-19(23)20-12/h2-6,9-10,12H,7-8,11H2,1H3,(H,20,23)(H,21,22)/t12-/m1/s1. The fourth-order valence-corrected chi connectivity index (χ4v) is 2.93. The number of alkyl carbamates (subject to hydrolysis) is 1. The monoisotopic (exact) mass is 337 g/mol. The highest BCUT2D eigenvalue weighted by molar-refractivity contribution is 5.93. The lowest BCUT2D eigenvalue weighted by molar-refractivity contribution is 0.135. The Balaban J connectivity index is 1.77. The molecule has 2 aromatic carbocycles. The average molecular weight is 337 g/mol. The summed E-state index contributed by atoms with van der Waals surface area (Å²) in [7, 11) is 0. The van der Waals surface area contributed by atoms with Gasteiger partial charge in [-0.2, -0.15) is 5.10 Å². The molecule has 1 atom stereocenters. The number of rotatable bonds is 0. The van der Waals surface area contributed by atoms with Crippen LogP contribution in [-0.2, 0) is 11.3 Å². The quantitative estimate of drug-likeness (QED) is 0.657. The van der Waals surface area contributed by atoms with Gasteiger partial charge in [-0.05, 0) is 36.8 Å². The van der Waals surface area contributed by atoms with Crippen LogP contribution in [0.4, 0.5) is 4.79 Å². The number of carbonyl (C=O) groups excluding carboxylic acids is 1. The van der Waals surface area contributed by atoms with Crippen molar-refractivity contribution in [1.82, 2.24) is 15.5 Å². The summed E-state index contributed by atoms with van der Waals surface area (Å²) in [4.78, 5) is 11.9. The summed E-state index contributed by atoms with van der Waals surface area (Å²) < 4.78 is 11.1. The number of H-pyrrole nitrogens is 1. The summed E-state index contributed by atoms with van der Waals surface area (Å²) in [5, 5.41) is 11.3. The van der Waals surface area contributed by atoms with Crippen LogP contribution in [0.25, 0.3) is 22.2 Å². The average Bonchev–Trinajstić information content (AvgIpc) is 3.03. The van der Waals surface area contributed by atoms with Gasteiger partial charge in [-0.15, -0.1) is 0 Å². The molecule has 2 N–H and O–H groups in total. The Labute approximate surface area is 145 Å². The molecule has 1 amide bonds. The maximum atomic E-state index is 11.9. The van der Waals surface area contributed by atoms with Crippen LogP contribution in [-0.4, -0.2) is 28.9 Å². The lowest BCUT2D eigenvalue weighted by atomic mass is 10.1. The zero-order valence-corrected chi connectivity index (χ0v) is 13.9. The van der Waals surface area contributed by atoms with Crippen molar-refractivity contribution in [3.63, 3.8) is 0 Å². The number of nitrogens with one attached hydrogen (secondary N) is 2. The highest BCUT2D eigenvalue weighted by Crippen LogP contribution is 2.30. The van der Waals surface area contributed by atoms with Gasteiger partial charge in [0.05, 0.1) is 12.1 Å². The number of fused-ring (bicyclic) bond motifs is 4. The first-order valence-electron chi connectivity index (χ1n) is 8.32. The lowest BCUT2D eigenvalue weighted by Gasteiger charge is -2.14. The van der Waals surface area contributed by atoms with Crippen LogP contribution in [0.15, 0.2) is 42.5 Å². The Morgan fingerprint density at radius 2 is 2.08 bits per heavy atom. The van der Waals surface area contributed by atoms with E-state index in [1.165, 1.54) is 0 Å². The topological polar surface area (TPSA) is 76.2 Å². The van der Waals surface area contributed by atoms with Crippen molar-refractivity contribution >= 4 is 17.0 Å². The predicted octanol–water partition coefficient (Wildman–Crippen LogP) is 3.63. The first kappa shape index (κ1) is 15.5. The molecule has 1 aliphatic heterocycles. The molecule has 25 heavy (non-hydrogen) atoms. The van der Waals surface area contributed by atoms with Crippen LogP contribution in [0, 0.1) is 0 Å². The van der Waals surface area contributed by atoms with E-state index in [0.717, 1.165) is 33.5 Å². The molecule has 4 bridgehead atoms. The van der Waals surface area contributed by atoms with E-state index in [1.54, 1.807) is 0 Å². The maximum absolute atomic E-state index is 11.9. The molecule has 6 nitrogen and oxygen atoms in total. The highest BCUT2D eigenvalue weighted by atomic mass is 16.5. The largest absolute Gasteiger partial charge is 0.493 e. The molecule has 0 saturated heterocycles. The number of carbonyl (C=O) groups is 1. The highest BCUT2D eigenvalue weighted by Gasteiger charge is 2.13. The Morgan fingerprint density at radius 1 is 1.16 bits per heavy atom. The summed E-state index contributed by atoms with van der Waals surface area (Å²) in [6, 6.07) is 13.7. The Bertz CT molecular complexity index is 919. The second kappa shape index (κ2) is 6.47. The second-order valence-corrected chi connectivity index (χ2v) is 6.24. The van der Waals surface area contributed by atoms with E-state index in [4.69, 9.17) is 9.47 Å². The van der Waals surface area contributed by atoms with E-state index in [-0.39, 0.29) is 12.6 Å². The SMILES string of the molecule is C[C@@H]1CCOc2ccc3[nH]nc(c3c2)-c2cccc(c2)COC(=O)N1. The van der Waals surface area contributed by atoms with Crippen molar-refractivity contribution < 1.29 is 14.3 Å². The minimum atomic E-state index is -0.421. The van der Waals surface area contributed by atoms with E-state index in [2.05, 4.69) is 15.5 Å². The molecule has 1 aliphatic rings. The van der Waals surface area contributed by atoms with Gasteiger partial charge in [0.15, 0.2) is 0 Å². The molecule has 0 saturated carbocycles. The Hall–Kier alpha value is -3.02. The Morgan fingerprint density at radius 3 is 3.00 bits per heavy atom. The zero-order valence-electron chi connectivity index (χ0n) is 13.9. The number of hydrogen-bond donors (Lipinski definition) is 2. The van der Waals surface area contributed by atoms with Crippen molar-refractivity contribution in [1.29, 1.82) is 0 Å². The van der Waals surface area contributed by atoms with E-state index >= 15 is 0 Å². The zero-order chi connectivity index (χ0) is 17.2. The van der Waals surface area contributed by atoms with Crippen LogP contribution < -0.4 is 10.1 Å². The number of cyclic esters (lactones) is 1. The van der Waals surface area contributed by atoms with E-state index in [0.29, 0.717) is 13.0 Å². The molecule has 0 fully saturated rings. The van der Waals surface area contributed by atoms with E-state index in [1.807, 2.05) is 49.4 Å². The van der Waals surface area contributed by atoms with Gasteiger partial charge in [-0.3, -0.25) is 5.10 Å². The van der Waals surface area contributed by atoms with Crippen LogP contribution in [0.1, 0.15) is 18.9 Å². The van der Waals surface area contributed by atoms with Crippen molar-refractivity contribution in [2.24, 2.45) is 0 Å². The van der Waals surface area contributed by atoms with E-state index < -0.39 is 6.09 Å². The first-order valence-corrected chi connectivity index (χ1v) is 8.32. The van der Waals surface area contributed by atoms with Gasteiger partial charge in [-0.1, -0.05) is 18.2 Å². The van der Waals surface area contributed by atoms with Crippen LogP contribution in [0.5, 0.6) is 5.75 Å². The fraction of sp³-hybridized carbons (Fsp3) is 0.263. The van der Waals surface area contributed by atoms with Gasteiger partial charge in [-0.25, -0.2) is 4.79 Å². The number of benzene rings is 2. The summed E-state index contributed by atoms with van der Waals surface area (Å²) in [6.45, 7) is 2.66. The third-order valence-corrected chi connectivity index (χ3v) is 4.29. The van der Waals surface area contributed by atoms with Gasteiger partial charge in [0, 0.05) is 23.4 Å². The van der Waals surface area contributed by atoms with Crippen molar-refractivity contribution in [2.45, 2.75) is 26.0 Å². The molecule has 128 valence electrons. The summed E-state index contributed by atoms with van der Waals surface area (Å²) >= 11 is 0. The molecule has 0 unspecified atom stereocenters. The molecule has 3 aromatic rings. The smallest absolute Gasteiger partial charge is 0.407 e. The molecule has 2 heterocycles. The summed E-state index contributed by atoms with van der Waals surface area (Å²) in [5.74, 6) is 0.788. The summed E-state index contributed by atoms with van der Waals surface area (Å²) in [5.41, 5.74) is 3.69. The number of hydrogen-bond acceptors (Lipinski definition) is 4. The number of aromatic amines is 1. The summed E-state index contributed by atoms with van der Waals surface area (Å²) in [6.07, 6.45) is 0.273. The second-order valence-electron chi connectivity index (χ2n) is 6.24. The van der Waals surface area contributed by atoms with Gasteiger partial charge >= 0.3 is 6.09 Å². The van der Waals surface area contributed by atoms with Crippen LogP contribution in [0.3, 0.4) is 0 Å². The third kappa shape index (κ3) is 3.28. The third-order valence-electron chi connectivity index (χ3n) is 4.29. The maximum Gasteiger partial charge on any atom is 0.407 e. The molecule has 4 rings (SSSR count). The Kier molecular flexibility index (Phi) is 4.01. The molecule has 0 radical (unpaired) electrons. The van der Waals surface area contributed by atoms with Crippen LogP contribution in [0.2, 0.25) is 0 Å². The fourth-order valence-electron chi connectivity index (χ4n) is 2.93. The number of ether oxygens (including phenoxy) is 2. The first-order chi connectivity index (χ1) is 12.2. The normalized spacial score (nSPS) is 18.0. The van der Waals surface area contributed by atoms with Crippen molar-refractivity contribution in [3.8, 4) is 17.0 Å². The minimum Gasteiger partial charge on any atom is -0.493 e. The molecular weight excluding hydrogens is 318 g/mol. The number of aromatic nitrogens is 2. The molecule has 0 aliphatic carbocycles. The van der Waals surface area contributed by atoms with Gasteiger partial charge in [0.2, 0.25) is 0 Å². The van der Waals surface area contributed by atoms with Gasteiger partial charge in [0.25, 0.3) is 0 Å². The number of nitrogens with zero attached hydrogens (tertiary/aromatic N) is 1. The molecule has 6 heteroatoms. The number of amides is 1. The minimum absolute atomic E-state index is 0.0304. The van der Waals surface area contributed by atoms with Gasteiger partial charge in [0.1, 0.15) is 18.1 Å². The molecule has 1 aromatic heterocycles. The van der Waals surface area contributed by atoms with Crippen molar-refractivity contribution in [2.75, 3.05) is 6.61 Å². The van der Waals surface area contributed by atoms with E-state index in [9.17, 15) is 4.79 Å². The van der Waals surface area contributed by atoms with Crippen molar-refractivity contribution in [3.05, 3.63) is 48.0 Å². The molecular formula is C19H19N3O3.